The Kier molecular flexibility index (Phi) is 4.05. The first-order valence-electron chi connectivity index (χ1n) is 7.31. The number of allylic oxidation sites excluding steroid dienone is 1. The van der Waals surface area contributed by atoms with Crippen molar-refractivity contribution in [3.8, 4) is 5.75 Å². The van der Waals surface area contributed by atoms with Gasteiger partial charge in [0.05, 0.1) is 24.1 Å². The summed E-state index contributed by atoms with van der Waals surface area (Å²) in [4.78, 5) is 19.2. The highest BCUT2D eigenvalue weighted by molar-refractivity contribution is 7.17. The molecule has 0 amide bonds. The topological polar surface area (TPSA) is 43.6 Å². The summed E-state index contributed by atoms with van der Waals surface area (Å²) in [5.74, 6) is 0.513. The molecule has 1 aromatic carbocycles. The number of ether oxygens (including phenoxy) is 1. The van der Waals surface area contributed by atoms with Crippen molar-refractivity contribution in [2.24, 2.45) is 0 Å². The number of nitrogens with zero attached hydrogens (tertiary/aromatic N) is 2. The maximum absolute atomic E-state index is 12.5. The van der Waals surface area contributed by atoms with Crippen molar-refractivity contribution in [2.45, 2.75) is 20.8 Å². The molecular weight excluding hydrogens is 308 g/mol. The van der Waals surface area contributed by atoms with Crippen LogP contribution in [0.3, 0.4) is 0 Å². The molecule has 0 radical (unpaired) electrons. The number of carbonyl (C=O) groups excluding carboxylic acids is 1. The van der Waals surface area contributed by atoms with Gasteiger partial charge in [-0.3, -0.25) is 9.20 Å². The molecule has 0 fully saturated rings. The molecule has 0 aliphatic rings. The molecule has 0 aliphatic carbocycles. The molecule has 0 aliphatic heterocycles. The predicted molar refractivity (Wildman–Crippen MR) is 93.6 cm³/mol. The summed E-state index contributed by atoms with van der Waals surface area (Å²) in [5, 5.41) is 0. The van der Waals surface area contributed by atoms with Gasteiger partial charge in [-0.2, -0.15) is 0 Å². The highest BCUT2D eigenvalue weighted by Crippen LogP contribution is 2.23. The molecule has 2 heterocycles. The van der Waals surface area contributed by atoms with Crippen molar-refractivity contribution in [3.05, 3.63) is 57.9 Å². The number of thiazole rings is 1. The third-order valence-electron chi connectivity index (χ3n) is 3.68. The van der Waals surface area contributed by atoms with Gasteiger partial charge in [0, 0.05) is 11.1 Å². The number of rotatable bonds is 4. The van der Waals surface area contributed by atoms with Crippen LogP contribution in [0.4, 0.5) is 0 Å². The van der Waals surface area contributed by atoms with E-state index in [2.05, 4.69) is 4.98 Å². The van der Waals surface area contributed by atoms with E-state index in [1.54, 1.807) is 24.5 Å². The fourth-order valence-corrected chi connectivity index (χ4v) is 3.42. The first-order valence-corrected chi connectivity index (χ1v) is 8.13. The van der Waals surface area contributed by atoms with Crippen molar-refractivity contribution in [1.82, 2.24) is 9.38 Å². The highest BCUT2D eigenvalue weighted by Gasteiger charge is 2.12. The van der Waals surface area contributed by atoms with Gasteiger partial charge < -0.3 is 4.74 Å². The summed E-state index contributed by atoms with van der Waals surface area (Å²) in [7, 11) is 1.57. The van der Waals surface area contributed by atoms with Gasteiger partial charge in [0.25, 0.3) is 0 Å². The molecule has 3 rings (SSSR count). The van der Waals surface area contributed by atoms with E-state index >= 15 is 0 Å². The van der Waals surface area contributed by atoms with Crippen molar-refractivity contribution in [3.63, 3.8) is 0 Å². The molecule has 5 heteroatoms. The zero-order valence-electron chi connectivity index (χ0n) is 13.6. The van der Waals surface area contributed by atoms with E-state index in [1.165, 1.54) is 4.88 Å². The Balaban J connectivity index is 1.97. The van der Waals surface area contributed by atoms with E-state index in [0.717, 1.165) is 21.9 Å². The van der Waals surface area contributed by atoms with Gasteiger partial charge in [-0.1, -0.05) is 11.6 Å². The second kappa shape index (κ2) is 6.01. The van der Waals surface area contributed by atoms with Crippen molar-refractivity contribution < 1.29 is 9.53 Å². The summed E-state index contributed by atoms with van der Waals surface area (Å²) in [6, 6.07) is 5.60. The zero-order chi connectivity index (χ0) is 16.6. The Morgan fingerprint density at radius 1 is 1.30 bits per heavy atom. The minimum Gasteiger partial charge on any atom is -0.496 e. The van der Waals surface area contributed by atoms with Gasteiger partial charge in [-0.15, -0.1) is 11.3 Å². The minimum atomic E-state index is -0.0770. The van der Waals surface area contributed by atoms with Crippen LogP contribution in [0, 0.1) is 20.8 Å². The molecule has 0 unspecified atom stereocenters. The van der Waals surface area contributed by atoms with Crippen LogP contribution < -0.4 is 4.74 Å². The van der Waals surface area contributed by atoms with Crippen LogP contribution in [-0.2, 0) is 0 Å². The fourth-order valence-electron chi connectivity index (χ4n) is 2.54. The lowest BCUT2D eigenvalue weighted by atomic mass is 10.1. The minimum absolute atomic E-state index is 0.0770. The third kappa shape index (κ3) is 2.92. The van der Waals surface area contributed by atoms with Crippen molar-refractivity contribution in [2.75, 3.05) is 7.11 Å². The lowest BCUT2D eigenvalue weighted by Gasteiger charge is -2.06. The first-order chi connectivity index (χ1) is 11.0. The Hall–Kier alpha value is -2.40. The van der Waals surface area contributed by atoms with E-state index in [9.17, 15) is 4.79 Å². The van der Waals surface area contributed by atoms with Gasteiger partial charge >= 0.3 is 0 Å². The zero-order valence-corrected chi connectivity index (χ0v) is 14.4. The van der Waals surface area contributed by atoms with Gasteiger partial charge in [-0.25, -0.2) is 4.98 Å². The normalized spacial score (nSPS) is 11.5. The molecule has 0 saturated heterocycles. The number of ketones is 1. The standard InChI is InChI=1S/C18H18N2O2S/c1-11-5-8-17(22-4)14(9-11)16(21)7-6-15-13(3)19-18-20(15)10-12(2)23-18/h5-10H,1-4H3. The van der Waals surface area contributed by atoms with Gasteiger partial charge in [0.15, 0.2) is 10.7 Å². The lowest BCUT2D eigenvalue weighted by molar-refractivity contribution is 0.104. The number of carbonyl (C=O) groups is 1. The van der Waals surface area contributed by atoms with E-state index in [4.69, 9.17) is 4.74 Å². The van der Waals surface area contributed by atoms with Crippen molar-refractivity contribution in [1.29, 1.82) is 0 Å². The van der Waals surface area contributed by atoms with Crippen molar-refractivity contribution >= 4 is 28.2 Å². The Bertz CT molecular complexity index is 919. The number of methoxy groups -OCH3 is 1. The first kappa shape index (κ1) is 15.5. The average Bonchev–Trinajstić information content (AvgIpc) is 3.00. The number of aromatic nitrogens is 2. The summed E-state index contributed by atoms with van der Waals surface area (Å²) in [5.41, 5.74) is 3.45. The lowest BCUT2D eigenvalue weighted by Crippen LogP contribution is -1.99. The molecule has 0 atom stereocenters. The SMILES string of the molecule is COc1ccc(C)cc1C(=O)C=Cc1c(C)nc2sc(C)cn12. The van der Waals surface area contributed by atoms with E-state index < -0.39 is 0 Å². The molecule has 118 valence electrons. The predicted octanol–water partition coefficient (Wildman–Crippen LogP) is 4.23. The van der Waals surface area contributed by atoms with Crippen LogP contribution in [0.15, 0.2) is 30.5 Å². The summed E-state index contributed by atoms with van der Waals surface area (Å²) < 4.78 is 7.31. The van der Waals surface area contributed by atoms with Gasteiger partial charge in [0.1, 0.15) is 5.75 Å². The van der Waals surface area contributed by atoms with Gasteiger partial charge in [-0.05, 0) is 45.1 Å². The number of aryl methyl sites for hydroxylation is 3. The maximum atomic E-state index is 12.5. The van der Waals surface area contributed by atoms with Crippen LogP contribution in [-0.4, -0.2) is 22.3 Å². The van der Waals surface area contributed by atoms with E-state index in [0.29, 0.717) is 11.3 Å². The molecule has 2 aromatic heterocycles. The highest BCUT2D eigenvalue weighted by atomic mass is 32.1. The van der Waals surface area contributed by atoms with Crippen LogP contribution in [0.5, 0.6) is 5.75 Å². The molecule has 0 bridgehead atoms. The monoisotopic (exact) mass is 326 g/mol. The Labute approximate surface area is 139 Å². The van der Waals surface area contributed by atoms with Crippen LogP contribution in [0.25, 0.3) is 11.0 Å². The van der Waals surface area contributed by atoms with Crippen LogP contribution in [0.2, 0.25) is 0 Å². The number of benzene rings is 1. The number of fused-ring (bicyclic) bond motifs is 1. The number of imidazole rings is 1. The largest absolute Gasteiger partial charge is 0.496 e. The second-order valence-electron chi connectivity index (χ2n) is 5.48. The summed E-state index contributed by atoms with van der Waals surface area (Å²) in [6.45, 7) is 5.95. The quantitative estimate of drug-likeness (QED) is 0.532. The molecular formula is C18H18N2O2S. The molecule has 0 saturated carbocycles. The molecule has 4 nitrogen and oxygen atoms in total. The fraction of sp³-hybridized carbons (Fsp3) is 0.222. The molecule has 23 heavy (non-hydrogen) atoms. The second-order valence-corrected chi connectivity index (χ2v) is 6.69. The molecule has 0 spiro atoms. The number of hydrogen-bond acceptors (Lipinski definition) is 4. The van der Waals surface area contributed by atoms with Gasteiger partial charge in [0.2, 0.25) is 0 Å². The maximum Gasteiger partial charge on any atom is 0.194 e. The average molecular weight is 326 g/mol. The Morgan fingerprint density at radius 2 is 2.09 bits per heavy atom. The summed E-state index contributed by atoms with van der Waals surface area (Å²) >= 11 is 1.64. The third-order valence-corrected chi connectivity index (χ3v) is 4.57. The summed E-state index contributed by atoms with van der Waals surface area (Å²) in [6.07, 6.45) is 5.45. The molecule has 3 aromatic rings. The van der Waals surface area contributed by atoms with Crippen LogP contribution >= 0.6 is 11.3 Å². The Morgan fingerprint density at radius 3 is 2.83 bits per heavy atom. The van der Waals surface area contributed by atoms with E-state index in [1.807, 2.05) is 55.6 Å². The smallest absolute Gasteiger partial charge is 0.194 e. The van der Waals surface area contributed by atoms with E-state index in [-0.39, 0.29) is 5.78 Å². The molecule has 0 N–H and O–H groups in total. The van der Waals surface area contributed by atoms with Crippen LogP contribution in [0.1, 0.15) is 32.2 Å². The number of hydrogen-bond donors (Lipinski definition) is 0.